The molecule has 1 unspecified atom stereocenters. The second-order valence-electron chi connectivity index (χ2n) is 2.58. The van der Waals surface area contributed by atoms with Gasteiger partial charge >= 0.3 is 10.1 Å². The Morgan fingerprint density at radius 1 is 1.50 bits per heavy atom. The third kappa shape index (κ3) is 2.23. The highest BCUT2D eigenvalue weighted by Crippen LogP contribution is 2.40. The van der Waals surface area contributed by atoms with Crippen molar-refractivity contribution in [3.63, 3.8) is 0 Å². The first-order chi connectivity index (χ1) is 6.32. The van der Waals surface area contributed by atoms with Crippen LogP contribution in [0.5, 0.6) is 0 Å². The van der Waals surface area contributed by atoms with Gasteiger partial charge in [0.25, 0.3) is 0 Å². The Hall–Kier alpha value is 0.610. The number of allylic oxidation sites excluding steroid dienone is 3. The summed E-state index contributed by atoms with van der Waals surface area (Å²) in [5, 5.41) is 0.426. The lowest BCUT2D eigenvalue weighted by molar-refractivity contribution is 0.505. The summed E-state index contributed by atoms with van der Waals surface area (Å²) in [4.78, 5) is 0. The minimum atomic E-state index is -4.01. The number of thiol groups is 1. The summed E-state index contributed by atoms with van der Waals surface area (Å²) < 4.78 is 24.9. The summed E-state index contributed by atoms with van der Waals surface area (Å²) >= 11 is 20.3. The molecule has 0 amide bonds. The van der Waals surface area contributed by atoms with Gasteiger partial charge in [-0.25, -0.2) is 0 Å². The van der Waals surface area contributed by atoms with Gasteiger partial charge in [0, 0.05) is 11.5 Å². The summed E-state index contributed by atoms with van der Waals surface area (Å²) in [6, 6.07) is 0. The molecule has 1 aliphatic rings. The van der Waals surface area contributed by atoms with Gasteiger partial charge in [-0.3, -0.25) is 0 Å². The monoisotopic (exact) mass is 294 g/mol. The molecule has 0 aromatic heterocycles. The summed E-state index contributed by atoms with van der Waals surface area (Å²) in [7, 11) is -4.01. The van der Waals surface area contributed by atoms with Crippen molar-refractivity contribution in [3.05, 3.63) is 22.2 Å². The van der Waals surface area contributed by atoms with Gasteiger partial charge in [-0.05, 0) is 25.1 Å². The van der Waals surface area contributed by atoms with E-state index in [0.717, 1.165) is 0 Å². The maximum Gasteiger partial charge on any atom is 0.301 e. The molecule has 0 spiro atoms. The minimum Gasteiger partial charge on any atom is -0.200 e. The van der Waals surface area contributed by atoms with Crippen molar-refractivity contribution < 1.29 is 12.0 Å². The molecular weight excluding hydrogens is 291 g/mol. The van der Waals surface area contributed by atoms with Crippen molar-refractivity contribution in [2.45, 2.75) is 10.6 Å². The van der Waals surface area contributed by atoms with Crippen LogP contribution in [-0.4, -0.2) is 12.6 Å². The van der Waals surface area contributed by atoms with E-state index in [0.29, 0.717) is 0 Å². The number of hydrogen-bond acceptors (Lipinski definition) is 4. The molecule has 0 aromatic rings. The molecule has 8 heteroatoms. The maximum atomic E-state index is 11.3. The fraction of sp³-hybridized carbons (Fsp3) is 0.333. The molecule has 0 aromatic carbocycles. The van der Waals surface area contributed by atoms with E-state index in [2.05, 4.69) is 16.5 Å². The average molecular weight is 296 g/mol. The molecule has 0 saturated heterocycles. The van der Waals surface area contributed by atoms with Crippen LogP contribution in [0.3, 0.4) is 0 Å². The third-order valence-electron chi connectivity index (χ3n) is 1.65. The third-order valence-corrected chi connectivity index (χ3v) is 5.16. The largest absolute Gasteiger partial charge is 0.301 e. The Labute approximate surface area is 102 Å². The van der Waals surface area contributed by atoms with Gasteiger partial charge in [0.1, 0.15) is 0 Å². The molecule has 0 radical (unpaired) electrons. The second kappa shape index (κ2) is 4.23. The van der Waals surface area contributed by atoms with Crippen LogP contribution in [-0.2, 0) is 13.7 Å². The van der Waals surface area contributed by atoms with Crippen LogP contribution in [0.25, 0.3) is 0 Å². The Morgan fingerprint density at radius 2 is 2.07 bits per heavy atom. The van der Waals surface area contributed by atoms with E-state index in [9.17, 15) is 8.42 Å². The van der Waals surface area contributed by atoms with Crippen molar-refractivity contribution >= 4 is 57.8 Å². The first kappa shape index (κ1) is 12.7. The quantitative estimate of drug-likeness (QED) is 0.484. The van der Waals surface area contributed by atoms with E-state index in [-0.39, 0.29) is 16.5 Å². The normalized spacial score (nSPS) is 28.3. The van der Waals surface area contributed by atoms with Crippen LogP contribution in [0.2, 0.25) is 0 Å². The van der Waals surface area contributed by atoms with Crippen LogP contribution >= 0.6 is 47.7 Å². The standard InChI is InChI=1S/C6H5Cl3O3S2/c7-4-1-2-6(9,3-5(4)8)14(10,11)12-13/h1-2,13H,3H2. The number of hydrogen-bond donors (Lipinski definition) is 1. The first-order valence-electron chi connectivity index (χ1n) is 3.32. The van der Waals surface area contributed by atoms with E-state index in [1.807, 2.05) is 0 Å². The average Bonchev–Trinajstić information content (AvgIpc) is 2.12. The van der Waals surface area contributed by atoms with Crippen LogP contribution in [0.4, 0.5) is 0 Å². The first-order valence-corrected chi connectivity index (χ1v) is 6.23. The van der Waals surface area contributed by atoms with Gasteiger partial charge in [-0.1, -0.05) is 34.8 Å². The van der Waals surface area contributed by atoms with Gasteiger partial charge in [-0.2, -0.15) is 12.0 Å². The molecule has 0 heterocycles. The number of alkyl halides is 1. The molecular formula is C6H5Cl3O3S2. The molecule has 14 heavy (non-hydrogen) atoms. The van der Waals surface area contributed by atoms with Gasteiger partial charge in [0.05, 0.1) is 5.03 Å². The number of rotatable bonds is 2. The fourth-order valence-corrected chi connectivity index (χ4v) is 2.93. The van der Waals surface area contributed by atoms with E-state index < -0.39 is 14.3 Å². The number of halogens is 3. The summed E-state index contributed by atoms with van der Waals surface area (Å²) in [6.45, 7) is 0. The highest BCUT2D eigenvalue weighted by molar-refractivity contribution is 7.97. The lowest BCUT2D eigenvalue weighted by atomic mass is 10.2. The smallest absolute Gasteiger partial charge is 0.200 e. The van der Waals surface area contributed by atoms with Crippen LogP contribution in [0.15, 0.2) is 22.2 Å². The Balaban J connectivity index is 3.11. The maximum absolute atomic E-state index is 11.3. The van der Waals surface area contributed by atoms with Crippen molar-refractivity contribution in [2.24, 2.45) is 0 Å². The van der Waals surface area contributed by atoms with Gasteiger partial charge < -0.3 is 0 Å². The van der Waals surface area contributed by atoms with Crippen molar-refractivity contribution in [1.82, 2.24) is 0 Å². The Kier molecular flexibility index (Phi) is 3.83. The molecule has 0 N–H and O–H groups in total. The fourth-order valence-electron chi connectivity index (χ4n) is 0.877. The SMILES string of the molecule is O=S(=O)(OS)C1(Cl)C=CC(Cl)=C(Cl)C1. The van der Waals surface area contributed by atoms with Crippen molar-refractivity contribution in [3.8, 4) is 0 Å². The molecule has 80 valence electrons. The van der Waals surface area contributed by atoms with Gasteiger partial charge in [0.15, 0.2) is 4.21 Å². The summed E-state index contributed by atoms with van der Waals surface area (Å²) in [5.74, 6) is 0. The molecule has 0 aliphatic heterocycles. The van der Waals surface area contributed by atoms with Crippen LogP contribution in [0, 0.1) is 0 Å². The highest BCUT2D eigenvalue weighted by atomic mass is 35.5. The molecule has 0 fully saturated rings. The predicted molar refractivity (Wildman–Crippen MR) is 60.1 cm³/mol. The molecule has 1 atom stereocenters. The molecule has 0 bridgehead atoms. The zero-order valence-corrected chi connectivity index (χ0v) is 10.6. The molecule has 1 rings (SSSR count). The topological polar surface area (TPSA) is 43.4 Å². The highest BCUT2D eigenvalue weighted by Gasteiger charge is 2.43. The predicted octanol–water partition coefficient (Wildman–Crippen LogP) is 2.76. The molecule has 1 aliphatic carbocycles. The van der Waals surface area contributed by atoms with E-state index in [1.54, 1.807) is 0 Å². The van der Waals surface area contributed by atoms with E-state index in [1.165, 1.54) is 12.2 Å². The summed E-state index contributed by atoms with van der Waals surface area (Å²) in [5.41, 5.74) is 0. The minimum absolute atomic E-state index is 0.145. The lowest BCUT2D eigenvalue weighted by Gasteiger charge is -2.23. The van der Waals surface area contributed by atoms with Crippen molar-refractivity contribution in [1.29, 1.82) is 0 Å². The zero-order chi connectivity index (χ0) is 11.0. The van der Waals surface area contributed by atoms with E-state index in [4.69, 9.17) is 34.8 Å². The van der Waals surface area contributed by atoms with Crippen LogP contribution in [0.1, 0.15) is 6.42 Å². The Bertz CT molecular complexity index is 401. The zero-order valence-electron chi connectivity index (χ0n) is 6.58. The molecule has 3 nitrogen and oxygen atoms in total. The second-order valence-corrected chi connectivity index (χ2v) is 6.57. The van der Waals surface area contributed by atoms with Gasteiger partial charge in [-0.15, -0.1) is 0 Å². The van der Waals surface area contributed by atoms with E-state index >= 15 is 0 Å². The Morgan fingerprint density at radius 3 is 2.50 bits per heavy atom. The van der Waals surface area contributed by atoms with Crippen LogP contribution < -0.4 is 0 Å². The van der Waals surface area contributed by atoms with Crippen molar-refractivity contribution in [2.75, 3.05) is 0 Å². The van der Waals surface area contributed by atoms with Gasteiger partial charge in [0.2, 0.25) is 0 Å². The lowest BCUT2D eigenvalue weighted by Crippen LogP contribution is -2.32. The molecule has 0 saturated carbocycles. The summed E-state index contributed by atoms with van der Waals surface area (Å²) in [6.07, 6.45) is 2.37.